The van der Waals surface area contributed by atoms with Crippen LogP contribution in [0.1, 0.15) is 20.9 Å². The lowest BCUT2D eigenvalue weighted by molar-refractivity contribution is 0.249. The molecule has 0 aliphatic carbocycles. The number of thiophene rings is 1. The molecule has 0 fully saturated rings. The zero-order valence-corrected chi connectivity index (χ0v) is 13.5. The molecule has 0 saturated heterocycles. The predicted molar refractivity (Wildman–Crippen MR) is 90.5 cm³/mol. The Balaban J connectivity index is 1.75. The summed E-state index contributed by atoms with van der Waals surface area (Å²) in [7, 11) is 0. The molecule has 112 valence electrons. The van der Waals surface area contributed by atoms with Crippen molar-refractivity contribution < 1.29 is 0 Å². The maximum absolute atomic E-state index is 4.22. The van der Waals surface area contributed by atoms with Gasteiger partial charge in [0, 0.05) is 54.2 Å². The van der Waals surface area contributed by atoms with Gasteiger partial charge in [-0.15, -0.1) is 11.3 Å². The van der Waals surface area contributed by atoms with Gasteiger partial charge in [0.05, 0.1) is 0 Å². The van der Waals surface area contributed by atoms with Gasteiger partial charge in [0.1, 0.15) is 0 Å². The van der Waals surface area contributed by atoms with E-state index in [1.165, 1.54) is 20.9 Å². The minimum Gasteiger partial charge on any atom is -0.290 e. The summed E-state index contributed by atoms with van der Waals surface area (Å²) in [5, 5.41) is 0. The molecule has 22 heavy (non-hydrogen) atoms. The lowest BCUT2D eigenvalue weighted by atomic mass is 10.2. The molecular formula is C18H19N3S. The summed E-state index contributed by atoms with van der Waals surface area (Å²) >= 11 is 1.86. The Bertz CT molecular complexity index is 653. The van der Waals surface area contributed by atoms with Gasteiger partial charge in [-0.25, -0.2) is 0 Å². The Kier molecular flexibility index (Phi) is 4.93. The van der Waals surface area contributed by atoms with E-state index in [4.69, 9.17) is 0 Å². The highest BCUT2D eigenvalue weighted by Crippen LogP contribution is 2.19. The van der Waals surface area contributed by atoms with Crippen LogP contribution in [0.2, 0.25) is 0 Å². The molecule has 3 rings (SSSR count). The van der Waals surface area contributed by atoms with Crippen LogP contribution < -0.4 is 0 Å². The third-order valence-corrected chi connectivity index (χ3v) is 4.42. The van der Waals surface area contributed by atoms with Crippen LogP contribution in [0.5, 0.6) is 0 Å². The summed E-state index contributed by atoms with van der Waals surface area (Å²) in [6, 6.07) is 12.7. The van der Waals surface area contributed by atoms with Gasteiger partial charge in [0.15, 0.2) is 0 Å². The van der Waals surface area contributed by atoms with Gasteiger partial charge in [-0.2, -0.15) is 0 Å². The summed E-state index contributed by atoms with van der Waals surface area (Å²) < 4.78 is 0. The monoisotopic (exact) mass is 309 g/mol. The largest absolute Gasteiger partial charge is 0.290 e. The molecular weight excluding hydrogens is 290 g/mol. The Morgan fingerprint density at radius 3 is 1.95 bits per heavy atom. The van der Waals surface area contributed by atoms with Crippen LogP contribution in [0, 0.1) is 6.92 Å². The smallest absolute Gasteiger partial charge is 0.0335 e. The molecule has 3 heterocycles. The number of pyridine rings is 2. The first kappa shape index (κ1) is 14.9. The SMILES string of the molecule is Cc1ccc(CN(Cc2cccnc2)Cc2cccnc2)s1. The highest BCUT2D eigenvalue weighted by atomic mass is 32.1. The molecule has 3 nitrogen and oxygen atoms in total. The van der Waals surface area contributed by atoms with Gasteiger partial charge in [-0.3, -0.25) is 14.9 Å². The Morgan fingerprint density at radius 2 is 1.50 bits per heavy atom. The molecule has 0 aliphatic heterocycles. The van der Waals surface area contributed by atoms with Crippen LogP contribution in [0.4, 0.5) is 0 Å². The minimum atomic E-state index is 0.889. The minimum absolute atomic E-state index is 0.889. The first-order valence-electron chi connectivity index (χ1n) is 7.35. The second-order valence-corrected chi connectivity index (χ2v) is 6.75. The first-order chi connectivity index (χ1) is 10.8. The Labute approximate surface area is 135 Å². The zero-order valence-electron chi connectivity index (χ0n) is 12.6. The van der Waals surface area contributed by atoms with E-state index in [-0.39, 0.29) is 0 Å². The van der Waals surface area contributed by atoms with Crippen LogP contribution in [0.25, 0.3) is 0 Å². The molecule has 0 unspecified atom stereocenters. The van der Waals surface area contributed by atoms with Crippen molar-refractivity contribution in [1.82, 2.24) is 14.9 Å². The van der Waals surface area contributed by atoms with Gasteiger partial charge in [0.25, 0.3) is 0 Å². The summed E-state index contributed by atoms with van der Waals surface area (Å²) in [5.41, 5.74) is 2.47. The second-order valence-electron chi connectivity index (χ2n) is 5.38. The maximum atomic E-state index is 4.22. The lowest BCUT2D eigenvalue weighted by Crippen LogP contribution is -2.22. The van der Waals surface area contributed by atoms with Crippen molar-refractivity contribution in [3.63, 3.8) is 0 Å². The van der Waals surface area contributed by atoms with E-state index < -0.39 is 0 Å². The fourth-order valence-electron chi connectivity index (χ4n) is 2.46. The molecule has 0 aromatic carbocycles. The normalized spacial score (nSPS) is 11.0. The van der Waals surface area contributed by atoms with Crippen LogP contribution in [0.15, 0.2) is 61.2 Å². The number of nitrogens with zero attached hydrogens (tertiary/aromatic N) is 3. The zero-order chi connectivity index (χ0) is 15.2. The standard InChI is InChI=1S/C18H19N3S/c1-15-6-7-18(22-15)14-21(12-16-4-2-8-19-10-16)13-17-5-3-9-20-11-17/h2-11H,12-14H2,1H3. The topological polar surface area (TPSA) is 29.0 Å². The number of hydrogen-bond acceptors (Lipinski definition) is 4. The average Bonchev–Trinajstić information content (AvgIpc) is 2.94. The third kappa shape index (κ3) is 4.23. The molecule has 0 radical (unpaired) electrons. The second kappa shape index (κ2) is 7.29. The van der Waals surface area contributed by atoms with Crippen molar-refractivity contribution in [3.8, 4) is 0 Å². The molecule has 0 aliphatic rings. The van der Waals surface area contributed by atoms with Crippen molar-refractivity contribution in [1.29, 1.82) is 0 Å². The average molecular weight is 309 g/mol. The maximum Gasteiger partial charge on any atom is 0.0335 e. The van der Waals surface area contributed by atoms with Crippen molar-refractivity contribution in [2.24, 2.45) is 0 Å². The van der Waals surface area contributed by atoms with E-state index in [0.717, 1.165) is 19.6 Å². The first-order valence-corrected chi connectivity index (χ1v) is 8.17. The van der Waals surface area contributed by atoms with Crippen molar-refractivity contribution in [2.45, 2.75) is 26.6 Å². The summed E-state index contributed by atoms with van der Waals surface area (Å²) in [4.78, 5) is 13.6. The summed E-state index contributed by atoms with van der Waals surface area (Å²) in [5.74, 6) is 0. The molecule has 3 aromatic heterocycles. The van der Waals surface area contributed by atoms with Gasteiger partial charge in [-0.05, 0) is 42.3 Å². The predicted octanol–water partition coefficient (Wildman–Crippen LogP) is 4.05. The van der Waals surface area contributed by atoms with Crippen molar-refractivity contribution in [2.75, 3.05) is 0 Å². The fraction of sp³-hybridized carbons (Fsp3) is 0.222. The molecule has 0 amide bonds. The van der Waals surface area contributed by atoms with Crippen LogP contribution >= 0.6 is 11.3 Å². The summed E-state index contributed by atoms with van der Waals surface area (Å²) in [6.07, 6.45) is 7.51. The number of aromatic nitrogens is 2. The molecule has 0 bridgehead atoms. The Hall–Kier alpha value is -2.04. The van der Waals surface area contributed by atoms with E-state index >= 15 is 0 Å². The van der Waals surface area contributed by atoms with Crippen LogP contribution in [-0.4, -0.2) is 14.9 Å². The molecule has 0 atom stereocenters. The van der Waals surface area contributed by atoms with E-state index in [9.17, 15) is 0 Å². The van der Waals surface area contributed by atoms with Gasteiger partial charge in [-0.1, -0.05) is 12.1 Å². The number of aryl methyl sites for hydroxylation is 1. The van der Waals surface area contributed by atoms with E-state index in [2.05, 4.69) is 46.1 Å². The fourth-order valence-corrected chi connectivity index (χ4v) is 3.39. The van der Waals surface area contributed by atoms with Gasteiger partial charge >= 0.3 is 0 Å². The van der Waals surface area contributed by atoms with E-state index in [0.29, 0.717) is 0 Å². The van der Waals surface area contributed by atoms with Gasteiger partial charge in [0.2, 0.25) is 0 Å². The summed E-state index contributed by atoms with van der Waals surface area (Å²) in [6.45, 7) is 4.88. The Morgan fingerprint density at radius 1 is 0.864 bits per heavy atom. The van der Waals surface area contributed by atoms with Gasteiger partial charge < -0.3 is 0 Å². The molecule has 4 heteroatoms. The molecule has 0 saturated carbocycles. The van der Waals surface area contributed by atoms with Crippen molar-refractivity contribution >= 4 is 11.3 Å². The quantitative estimate of drug-likeness (QED) is 0.688. The molecule has 3 aromatic rings. The number of hydrogen-bond donors (Lipinski definition) is 0. The van der Waals surface area contributed by atoms with Crippen LogP contribution in [-0.2, 0) is 19.6 Å². The third-order valence-electron chi connectivity index (χ3n) is 3.43. The lowest BCUT2D eigenvalue weighted by Gasteiger charge is -2.21. The van der Waals surface area contributed by atoms with E-state index in [1.807, 2.05) is 48.3 Å². The highest BCUT2D eigenvalue weighted by molar-refractivity contribution is 7.11. The van der Waals surface area contributed by atoms with Crippen LogP contribution in [0.3, 0.4) is 0 Å². The molecule has 0 N–H and O–H groups in total. The molecule has 0 spiro atoms. The highest BCUT2D eigenvalue weighted by Gasteiger charge is 2.10. The van der Waals surface area contributed by atoms with Crippen molar-refractivity contribution in [3.05, 3.63) is 82.1 Å². The van der Waals surface area contributed by atoms with E-state index in [1.54, 1.807) is 0 Å². The number of rotatable bonds is 6.